The van der Waals surface area contributed by atoms with Crippen molar-refractivity contribution in [1.82, 2.24) is 0 Å². The fourth-order valence-corrected chi connectivity index (χ4v) is 1.75. The summed E-state index contributed by atoms with van der Waals surface area (Å²) in [6, 6.07) is 2.97. The lowest BCUT2D eigenvalue weighted by Crippen LogP contribution is -2.22. The maximum absolute atomic E-state index is 10.9. The highest BCUT2D eigenvalue weighted by Crippen LogP contribution is 2.28. The number of carboxylic acid groups (broad SMARTS) is 1. The SMILES string of the molecule is Cc1cc(C(=O)O)c(N)c(C(O)C(O)CS)c1. The quantitative estimate of drug-likeness (QED) is 0.401. The first-order valence-corrected chi connectivity index (χ1v) is 5.62. The van der Waals surface area contributed by atoms with Crippen LogP contribution in [0.5, 0.6) is 0 Å². The van der Waals surface area contributed by atoms with E-state index >= 15 is 0 Å². The van der Waals surface area contributed by atoms with Gasteiger partial charge in [-0.25, -0.2) is 4.79 Å². The van der Waals surface area contributed by atoms with E-state index in [0.29, 0.717) is 5.56 Å². The Hall–Kier alpha value is -1.24. The van der Waals surface area contributed by atoms with E-state index in [1.54, 1.807) is 13.0 Å². The van der Waals surface area contributed by atoms with E-state index in [1.165, 1.54) is 6.07 Å². The zero-order chi connectivity index (χ0) is 13.2. The normalized spacial score (nSPS) is 14.4. The number of anilines is 1. The lowest BCUT2D eigenvalue weighted by Gasteiger charge is -2.19. The van der Waals surface area contributed by atoms with Crippen molar-refractivity contribution >= 4 is 24.3 Å². The Morgan fingerprint density at radius 2 is 2.06 bits per heavy atom. The van der Waals surface area contributed by atoms with Gasteiger partial charge in [0.05, 0.1) is 17.4 Å². The van der Waals surface area contributed by atoms with Gasteiger partial charge in [-0.3, -0.25) is 0 Å². The zero-order valence-electron chi connectivity index (χ0n) is 9.29. The van der Waals surface area contributed by atoms with Crippen LogP contribution in [0.1, 0.15) is 27.6 Å². The molecule has 0 heterocycles. The summed E-state index contributed by atoms with van der Waals surface area (Å²) in [7, 11) is 0. The van der Waals surface area contributed by atoms with Crippen molar-refractivity contribution in [3.63, 3.8) is 0 Å². The van der Waals surface area contributed by atoms with Crippen LogP contribution in [0.3, 0.4) is 0 Å². The number of thiol groups is 1. The van der Waals surface area contributed by atoms with Crippen LogP contribution in [0, 0.1) is 6.92 Å². The number of benzene rings is 1. The van der Waals surface area contributed by atoms with Gasteiger partial charge in [-0.2, -0.15) is 12.6 Å². The molecule has 94 valence electrons. The molecule has 0 aliphatic rings. The Labute approximate surface area is 104 Å². The number of nitrogen functional groups attached to an aromatic ring is 1. The molecule has 0 aliphatic carbocycles. The van der Waals surface area contributed by atoms with Gasteiger partial charge in [0.2, 0.25) is 0 Å². The van der Waals surface area contributed by atoms with Crippen LogP contribution in [0.4, 0.5) is 5.69 Å². The molecule has 17 heavy (non-hydrogen) atoms. The molecule has 0 fully saturated rings. The third kappa shape index (κ3) is 2.91. The highest BCUT2D eigenvalue weighted by molar-refractivity contribution is 7.80. The Bertz CT molecular complexity index is 436. The topological polar surface area (TPSA) is 104 Å². The molecule has 0 bridgehead atoms. The van der Waals surface area contributed by atoms with Crippen LogP contribution in [-0.2, 0) is 0 Å². The lowest BCUT2D eigenvalue weighted by atomic mass is 9.97. The molecule has 2 unspecified atom stereocenters. The summed E-state index contributed by atoms with van der Waals surface area (Å²) in [5, 5.41) is 28.3. The van der Waals surface area contributed by atoms with E-state index < -0.39 is 18.2 Å². The molecule has 0 aliphatic heterocycles. The van der Waals surface area contributed by atoms with Gasteiger partial charge < -0.3 is 21.1 Å². The molecule has 0 amide bonds. The van der Waals surface area contributed by atoms with E-state index in [-0.39, 0.29) is 22.6 Å². The molecule has 1 aromatic carbocycles. The van der Waals surface area contributed by atoms with Crippen molar-refractivity contribution in [1.29, 1.82) is 0 Å². The maximum Gasteiger partial charge on any atom is 0.337 e. The van der Waals surface area contributed by atoms with Crippen LogP contribution in [-0.4, -0.2) is 33.1 Å². The minimum Gasteiger partial charge on any atom is -0.478 e. The first-order valence-electron chi connectivity index (χ1n) is 4.98. The predicted octanol–water partition coefficient (Wildman–Crippen LogP) is 0.600. The summed E-state index contributed by atoms with van der Waals surface area (Å²) in [4.78, 5) is 10.9. The third-order valence-corrected chi connectivity index (χ3v) is 2.83. The minimum atomic E-state index is -1.24. The van der Waals surface area contributed by atoms with E-state index in [9.17, 15) is 15.0 Å². The fourth-order valence-electron chi connectivity index (χ4n) is 1.55. The van der Waals surface area contributed by atoms with Crippen molar-refractivity contribution in [3.8, 4) is 0 Å². The number of hydrogen-bond donors (Lipinski definition) is 5. The second-order valence-corrected chi connectivity index (χ2v) is 4.18. The molecule has 2 atom stereocenters. The van der Waals surface area contributed by atoms with E-state index in [2.05, 4.69) is 12.6 Å². The van der Waals surface area contributed by atoms with Crippen molar-refractivity contribution in [2.24, 2.45) is 0 Å². The van der Waals surface area contributed by atoms with Crippen LogP contribution in [0.15, 0.2) is 12.1 Å². The van der Waals surface area contributed by atoms with Crippen molar-refractivity contribution in [3.05, 3.63) is 28.8 Å². The van der Waals surface area contributed by atoms with E-state index in [0.717, 1.165) is 0 Å². The van der Waals surface area contributed by atoms with Gasteiger partial charge in [0.1, 0.15) is 6.10 Å². The molecule has 0 saturated carbocycles. The highest BCUT2D eigenvalue weighted by atomic mass is 32.1. The van der Waals surface area contributed by atoms with Crippen molar-refractivity contribution in [2.75, 3.05) is 11.5 Å². The zero-order valence-corrected chi connectivity index (χ0v) is 10.2. The third-order valence-electron chi connectivity index (χ3n) is 2.46. The first-order chi connectivity index (χ1) is 7.88. The Morgan fingerprint density at radius 1 is 1.47 bits per heavy atom. The molecule has 5 nitrogen and oxygen atoms in total. The molecule has 6 heteroatoms. The summed E-state index contributed by atoms with van der Waals surface area (Å²) in [5.41, 5.74) is 6.42. The molecule has 0 spiro atoms. The second kappa shape index (κ2) is 5.39. The lowest BCUT2D eigenvalue weighted by molar-refractivity contribution is 0.0341. The van der Waals surface area contributed by atoms with Gasteiger partial charge in [-0.05, 0) is 18.6 Å². The van der Waals surface area contributed by atoms with Crippen LogP contribution < -0.4 is 5.73 Å². The predicted molar refractivity (Wildman–Crippen MR) is 67.4 cm³/mol. The number of hydrogen-bond acceptors (Lipinski definition) is 5. The number of aliphatic hydroxyl groups excluding tert-OH is 2. The van der Waals surface area contributed by atoms with Gasteiger partial charge in [-0.15, -0.1) is 0 Å². The minimum absolute atomic E-state index is 0.0311. The van der Waals surface area contributed by atoms with Gasteiger partial charge in [-0.1, -0.05) is 6.07 Å². The maximum atomic E-state index is 10.9. The number of aromatic carboxylic acids is 1. The monoisotopic (exact) mass is 257 g/mol. The molecular weight excluding hydrogens is 242 g/mol. The number of aliphatic hydroxyl groups is 2. The van der Waals surface area contributed by atoms with Crippen LogP contribution >= 0.6 is 12.6 Å². The molecule has 5 N–H and O–H groups in total. The van der Waals surface area contributed by atoms with E-state index in [1.807, 2.05) is 0 Å². The van der Waals surface area contributed by atoms with Crippen LogP contribution in [0.2, 0.25) is 0 Å². The van der Waals surface area contributed by atoms with Crippen molar-refractivity contribution in [2.45, 2.75) is 19.1 Å². The summed E-state index contributed by atoms with van der Waals surface area (Å²) in [6.07, 6.45) is -2.34. The van der Waals surface area contributed by atoms with Gasteiger partial charge in [0, 0.05) is 11.3 Å². The summed E-state index contributed by atoms with van der Waals surface area (Å²) in [6.45, 7) is 1.69. The molecule has 0 radical (unpaired) electrons. The molecule has 0 aromatic heterocycles. The fraction of sp³-hybridized carbons (Fsp3) is 0.364. The summed E-state index contributed by atoms with van der Waals surface area (Å²) in [5.74, 6) is -1.11. The smallest absolute Gasteiger partial charge is 0.337 e. The summed E-state index contributed by atoms with van der Waals surface area (Å²) < 4.78 is 0. The Morgan fingerprint density at radius 3 is 2.53 bits per heavy atom. The highest BCUT2D eigenvalue weighted by Gasteiger charge is 2.22. The number of aryl methyl sites for hydroxylation is 1. The molecule has 1 aromatic rings. The number of rotatable bonds is 4. The van der Waals surface area contributed by atoms with E-state index in [4.69, 9.17) is 10.8 Å². The standard InChI is InChI=1S/C11H15NO4S/c1-5-2-6(10(14)8(13)4-17)9(12)7(3-5)11(15)16/h2-3,8,10,13-14,17H,4,12H2,1H3,(H,15,16). The number of carboxylic acids is 1. The van der Waals surface area contributed by atoms with Gasteiger partial charge >= 0.3 is 5.97 Å². The Balaban J connectivity index is 3.29. The molecular formula is C11H15NO4S. The summed E-state index contributed by atoms with van der Waals surface area (Å²) >= 11 is 3.86. The number of carbonyl (C=O) groups is 1. The van der Waals surface area contributed by atoms with Crippen LogP contribution in [0.25, 0.3) is 0 Å². The average Bonchev–Trinajstić information content (AvgIpc) is 2.29. The molecule has 0 saturated heterocycles. The second-order valence-electron chi connectivity index (χ2n) is 3.82. The average molecular weight is 257 g/mol. The van der Waals surface area contributed by atoms with Gasteiger partial charge in [0.25, 0.3) is 0 Å². The first kappa shape index (κ1) is 13.8. The molecule has 1 rings (SSSR count). The number of nitrogens with two attached hydrogens (primary N) is 1. The Kier molecular flexibility index (Phi) is 4.39. The van der Waals surface area contributed by atoms with Gasteiger partial charge in [0.15, 0.2) is 0 Å². The van der Waals surface area contributed by atoms with Crippen molar-refractivity contribution < 1.29 is 20.1 Å². The largest absolute Gasteiger partial charge is 0.478 e.